The van der Waals surface area contributed by atoms with Gasteiger partial charge >= 0.3 is 5.97 Å². The minimum atomic E-state index is -3.63. The van der Waals surface area contributed by atoms with Crippen LogP contribution in [-0.2, 0) is 21.3 Å². The molecule has 0 aliphatic heterocycles. The molecule has 2 aromatic carbocycles. The van der Waals surface area contributed by atoms with E-state index in [1.165, 1.54) is 39.9 Å². The second kappa shape index (κ2) is 11.4. The first-order valence-corrected chi connectivity index (χ1v) is 13.4. The quantitative estimate of drug-likeness (QED) is 0.321. The third-order valence-electron chi connectivity index (χ3n) is 5.28. The van der Waals surface area contributed by atoms with Crippen molar-refractivity contribution in [2.24, 2.45) is 4.99 Å². The maximum atomic E-state index is 12.9. The Morgan fingerprint density at radius 2 is 1.83 bits per heavy atom. The van der Waals surface area contributed by atoms with E-state index in [4.69, 9.17) is 11.2 Å². The van der Waals surface area contributed by atoms with E-state index in [0.717, 1.165) is 23.1 Å². The fraction of sp³-hybridized carbons (Fsp3) is 0.320. The summed E-state index contributed by atoms with van der Waals surface area (Å²) < 4.78 is 34.2. The lowest BCUT2D eigenvalue weighted by Crippen LogP contribution is -2.27. The third-order valence-corrected chi connectivity index (χ3v) is 8.19. The minimum absolute atomic E-state index is 0.114. The maximum absolute atomic E-state index is 12.9. The molecule has 10 heteroatoms. The largest absolute Gasteiger partial charge is 0.462 e. The molecule has 0 bridgehead atoms. The summed E-state index contributed by atoms with van der Waals surface area (Å²) in [5.74, 6) is 1.59. The molecule has 35 heavy (non-hydrogen) atoms. The zero-order chi connectivity index (χ0) is 25.6. The fourth-order valence-electron chi connectivity index (χ4n) is 3.35. The van der Waals surface area contributed by atoms with E-state index in [9.17, 15) is 18.0 Å². The summed E-state index contributed by atoms with van der Waals surface area (Å²) in [5.41, 5.74) is 1.38. The first-order chi connectivity index (χ1) is 16.7. The summed E-state index contributed by atoms with van der Waals surface area (Å²) in [6.45, 7) is 4.61. The van der Waals surface area contributed by atoms with Gasteiger partial charge < -0.3 is 9.30 Å². The van der Waals surface area contributed by atoms with Crippen molar-refractivity contribution in [3.8, 4) is 12.3 Å². The highest BCUT2D eigenvalue weighted by atomic mass is 32.2. The van der Waals surface area contributed by atoms with Crippen LogP contribution in [0.5, 0.6) is 0 Å². The molecule has 1 aromatic heterocycles. The van der Waals surface area contributed by atoms with Gasteiger partial charge in [-0.1, -0.05) is 30.6 Å². The Morgan fingerprint density at radius 3 is 2.46 bits per heavy atom. The first-order valence-electron chi connectivity index (χ1n) is 11.1. The van der Waals surface area contributed by atoms with Crippen molar-refractivity contribution in [1.82, 2.24) is 8.87 Å². The van der Waals surface area contributed by atoms with Crippen LogP contribution < -0.4 is 4.80 Å². The molecule has 0 fully saturated rings. The summed E-state index contributed by atoms with van der Waals surface area (Å²) in [7, 11) is -2.09. The van der Waals surface area contributed by atoms with Gasteiger partial charge in [-0.2, -0.15) is 4.99 Å². The molecule has 0 N–H and O–H groups in total. The maximum Gasteiger partial charge on any atom is 0.338 e. The van der Waals surface area contributed by atoms with Crippen LogP contribution in [0.1, 0.15) is 47.4 Å². The molecule has 0 unspecified atom stereocenters. The van der Waals surface area contributed by atoms with Crippen LogP contribution >= 0.6 is 11.3 Å². The number of terminal acetylenes is 1. The van der Waals surface area contributed by atoms with E-state index in [-0.39, 0.29) is 23.6 Å². The number of rotatable bonds is 9. The zero-order valence-electron chi connectivity index (χ0n) is 19.9. The molecular formula is C25H27N3O5S2. The number of sulfonamides is 1. The molecule has 3 rings (SSSR count). The number of amides is 1. The second-order valence-electron chi connectivity index (χ2n) is 7.70. The Kier molecular flexibility index (Phi) is 8.62. The highest BCUT2D eigenvalue weighted by molar-refractivity contribution is 7.89. The van der Waals surface area contributed by atoms with Gasteiger partial charge in [0.05, 0.1) is 33.8 Å². The van der Waals surface area contributed by atoms with Crippen molar-refractivity contribution in [3.63, 3.8) is 0 Å². The molecule has 8 nitrogen and oxygen atoms in total. The zero-order valence-corrected chi connectivity index (χ0v) is 21.5. The van der Waals surface area contributed by atoms with Gasteiger partial charge in [-0.15, -0.1) is 6.42 Å². The number of hydrogen-bond acceptors (Lipinski definition) is 6. The number of thiazole rings is 1. The number of aromatic nitrogens is 1. The van der Waals surface area contributed by atoms with Crippen molar-refractivity contribution < 1.29 is 22.7 Å². The van der Waals surface area contributed by atoms with Crippen molar-refractivity contribution >= 4 is 43.5 Å². The molecular weight excluding hydrogens is 486 g/mol. The number of benzene rings is 2. The monoisotopic (exact) mass is 513 g/mol. The lowest BCUT2D eigenvalue weighted by Gasteiger charge is -2.16. The number of ether oxygens (including phenoxy) is 1. The Bertz CT molecular complexity index is 1440. The predicted octanol–water partition coefficient (Wildman–Crippen LogP) is 3.67. The van der Waals surface area contributed by atoms with Crippen molar-refractivity contribution in [3.05, 3.63) is 58.4 Å². The first kappa shape index (κ1) is 26.3. The number of carbonyl (C=O) groups excluding carboxylic acids is 2. The summed E-state index contributed by atoms with van der Waals surface area (Å²) >= 11 is 1.22. The van der Waals surface area contributed by atoms with Gasteiger partial charge in [0.2, 0.25) is 10.0 Å². The molecule has 184 valence electrons. The number of esters is 1. The summed E-state index contributed by atoms with van der Waals surface area (Å²) in [6, 6.07) is 10.8. The number of hydrogen-bond donors (Lipinski definition) is 0. The van der Waals surface area contributed by atoms with E-state index in [2.05, 4.69) is 10.9 Å². The Morgan fingerprint density at radius 1 is 1.14 bits per heavy atom. The van der Waals surface area contributed by atoms with Crippen molar-refractivity contribution in [2.45, 2.75) is 38.1 Å². The normalized spacial score (nSPS) is 12.1. The van der Waals surface area contributed by atoms with Gasteiger partial charge in [-0.3, -0.25) is 4.79 Å². The van der Waals surface area contributed by atoms with Gasteiger partial charge in [0.15, 0.2) is 4.80 Å². The molecule has 0 spiro atoms. The van der Waals surface area contributed by atoms with Crippen LogP contribution in [0.25, 0.3) is 10.2 Å². The Hall–Kier alpha value is -3.26. The number of carbonyl (C=O) groups is 2. The van der Waals surface area contributed by atoms with Crippen molar-refractivity contribution in [2.75, 3.05) is 20.2 Å². The minimum Gasteiger partial charge on any atom is -0.462 e. The SMILES string of the molecule is C#CCn1c(=NC(=O)c2ccc(S(=O)(=O)N(C)CCCC)cc2)sc2cc(C(=O)OCC)ccc21. The summed E-state index contributed by atoms with van der Waals surface area (Å²) in [6.07, 6.45) is 7.17. The average Bonchev–Trinajstić information content (AvgIpc) is 3.18. The van der Waals surface area contributed by atoms with Gasteiger partial charge in [-0.05, 0) is 55.8 Å². The van der Waals surface area contributed by atoms with E-state index < -0.39 is 21.9 Å². The molecule has 1 heterocycles. The van der Waals surface area contributed by atoms with E-state index in [1.54, 1.807) is 36.7 Å². The molecule has 0 aliphatic rings. The molecule has 1 amide bonds. The second-order valence-corrected chi connectivity index (χ2v) is 10.8. The van der Waals surface area contributed by atoms with Gasteiger partial charge in [0, 0.05) is 19.2 Å². The topological polar surface area (TPSA) is 98.0 Å². The van der Waals surface area contributed by atoms with E-state index >= 15 is 0 Å². The Balaban J connectivity index is 1.95. The summed E-state index contributed by atoms with van der Waals surface area (Å²) in [4.78, 5) is 29.7. The molecule has 3 aromatic rings. The number of nitrogens with zero attached hydrogens (tertiary/aromatic N) is 3. The average molecular weight is 514 g/mol. The van der Waals surface area contributed by atoms with E-state index in [1.807, 2.05) is 6.92 Å². The highest BCUT2D eigenvalue weighted by Crippen LogP contribution is 2.21. The highest BCUT2D eigenvalue weighted by Gasteiger charge is 2.20. The van der Waals surface area contributed by atoms with Crippen LogP contribution in [0.3, 0.4) is 0 Å². The van der Waals surface area contributed by atoms with Crippen LogP contribution in [0.4, 0.5) is 0 Å². The Labute approximate surface area is 208 Å². The molecule has 0 aliphatic carbocycles. The smallest absolute Gasteiger partial charge is 0.338 e. The van der Waals surface area contributed by atoms with Crippen LogP contribution in [0.2, 0.25) is 0 Å². The van der Waals surface area contributed by atoms with Crippen LogP contribution in [0, 0.1) is 12.3 Å². The molecule has 0 atom stereocenters. The fourth-order valence-corrected chi connectivity index (χ4v) is 5.62. The van der Waals surface area contributed by atoms with Crippen LogP contribution in [-0.4, -0.2) is 49.4 Å². The number of fused-ring (bicyclic) bond motifs is 1. The predicted molar refractivity (Wildman–Crippen MR) is 136 cm³/mol. The van der Waals surface area contributed by atoms with Gasteiger partial charge in [0.1, 0.15) is 0 Å². The number of unbranched alkanes of at least 4 members (excludes halogenated alkanes) is 1. The molecule has 0 radical (unpaired) electrons. The lowest BCUT2D eigenvalue weighted by molar-refractivity contribution is 0.0526. The van der Waals surface area contributed by atoms with E-state index in [0.29, 0.717) is 16.9 Å². The van der Waals surface area contributed by atoms with Gasteiger partial charge in [0.25, 0.3) is 5.91 Å². The van der Waals surface area contributed by atoms with Crippen molar-refractivity contribution in [1.29, 1.82) is 0 Å². The standard InChI is InChI=1S/C25H27N3O5S2/c1-5-8-16-27(4)35(31,32)20-12-9-18(10-13-20)23(29)26-25-28(15-6-2)21-14-11-19(17-22(21)34-25)24(30)33-7-3/h2,9-14,17H,5,7-8,15-16H2,1,3-4H3. The summed E-state index contributed by atoms with van der Waals surface area (Å²) in [5, 5.41) is 0. The van der Waals surface area contributed by atoms with Gasteiger partial charge in [-0.25, -0.2) is 17.5 Å². The molecule has 0 saturated carbocycles. The third kappa shape index (κ3) is 5.88. The lowest BCUT2D eigenvalue weighted by atomic mass is 10.2. The van der Waals surface area contributed by atoms with Crippen LogP contribution in [0.15, 0.2) is 52.4 Å². The molecule has 0 saturated heterocycles.